The van der Waals surface area contributed by atoms with E-state index in [4.69, 9.17) is 11.6 Å². The van der Waals surface area contributed by atoms with Crippen LogP contribution in [0, 0.1) is 0 Å². The maximum Gasteiger partial charge on any atom is 0.243 e. The largest absolute Gasteiger partial charge is 0.358 e. The highest BCUT2D eigenvalue weighted by Gasteiger charge is 2.38. The molecule has 0 spiro atoms. The molecule has 1 fully saturated rings. The number of hydrogen-bond acceptors (Lipinski definition) is 3. The minimum Gasteiger partial charge on any atom is -0.358 e. The second kappa shape index (κ2) is 5.48. The van der Waals surface area contributed by atoms with Gasteiger partial charge in [-0.25, -0.2) is 8.42 Å². The van der Waals surface area contributed by atoms with Crippen LogP contribution < -0.4 is 5.32 Å². The zero-order valence-electron chi connectivity index (χ0n) is 10.5. The van der Waals surface area contributed by atoms with E-state index in [0.29, 0.717) is 24.4 Å². The van der Waals surface area contributed by atoms with Gasteiger partial charge in [-0.2, -0.15) is 4.31 Å². The highest BCUT2D eigenvalue weighted by molar-refractivity contribution is 7.89. The molecular formula is C12H15ClN2O3S. The number of carbonyl (C=O) groups is 1. The van der Waals surface area contributed by atoms with Gasteiger partial charge in [0.05, 0.1) is 4.90 Å². The lowest BCUT2D eigenvalue weighted by molar-refractivity contribution is -0.123. The first-order chi connectivity index (χ1) is 8.96. The van der Waals surface area contributed by atoms with Crippen LogP contribution in [0.1, 0.15) is 12.8 Å². The lowest BCUT2D eigenvalue weighted by atomic mass is 10.2. The van der Waals surface area contributed by atoms with Crippen LogP contribution in [0.25, 0.3) is 0 Å². The Bertz CT molecular complexity index is 571. The van der Waals surface area contributed by atoms with Gasteiger partial charge in [0.2, 0.25) is 15.9 Å². The Morgan fingerprint density at radius 3 is 2.58 bits per heavy atom. The van der Waals surface area contributed by atoms with Crippen molar-refractivity contribution in [3.05, 3.63) is 29.3 Å². The molecule has 0 bridgehead atoms. The summed E-state index contributed by atoms with van der Waals surface area (Å²) >= 11 is 5.75. The summed E-state index contributed by atoms with van der Waals surface area (Å²) < 4.78 is 26.2. The number of nitrogens with zero attached hydrogens (tertiary/aromatic N) is 1. The van der Waals surface area contributed by atoms with Crippen molar-refractivity contribution in [2.75, 3.05) is 13.6 Å². The molecular weight excluding hydrogens is 288 g/mol. The maximum atomic E-state index is 12.5. The van der Waals surface area contributed by atoms with Gasteiger partial charge in [0.15, 0.2) is 0 Å². The molecule has 5 nitrogen and oxygen atoms in total. The van der Waals surface area contributed by atoms with Gasteiger partial charge in [-0.15, -0.1) is 0 Å². The minimum absolute atomic E-state index is 0.160. The van der Waals surface area contributed by atoms with Crippen LogP contribution >= 0.6 is 11.6 Å². The van der Waals surface area contributed by atoms with E-state index < -0.39 is 16.1 Å². The highest BCUT2D eigenvalue weighted by Crippen LogP contribution is 2.26. The fourth-order valence-electron chi connectivity index (χ4n) is 2.20. The van der Waals surface area contributed by atoms with E-state index in [2.05, 4.69) is 5.32 Å². The fraction of sp³-hybridized carbons (Fsp3) is 0.417. The normalized spacial score (nSPS) is 20.4. The minimum atomic E-state index is -3.65. The summed E-state index contributed by atoms with van der Waals surface area (Å²) in [5.41, 5.74) is 0. The summed E-state index contributed by atoms with van der Waals surface area (Å²) in [6, 6.07) is 5.35. The number of rotatable bonds is 3. The fourth-order valence-corrected chi connectivity index (χ4v) is 3.98. The Balaban J connectivity index is 2.33. The molecule has 1 aliphatic heterocycles. The Labute approximate surface area is 117 Å². The third-order valence-electron chi connectivity index (χ3n) is 3.17. The van der Waals surface area contributed by atoms with Gasteiger partial charge >= 0.3 is 0 Å². The van der Waals surface area contributed by atoms with Crippen LogP contribution in [0.4, 0.5) is 0 Å². The predicted octanol–water partition coefficient (Wildman–Crippen LogP) is 1.24. The molecule has 104 valence electrons. The van der Waals surface area contributed by atoms with Crippen molar-refractivity contribution in [3.8, 4) is 0 Å². The van der Waals surface area contributed by atoms with E-state index in [-0.39, 0.29) is 10.8 Å². The quantitative estimate of drug-likeness (QED) is 0.913. The van der Waals surface area contributed by atoms with Crippen molar-refractivity contribution in [1.82, 2.24) is 9.62 Å². The smallest absolute Gasteiger partial charge is 0.243 e. The molecule has 1 amide bonds. The Hall–Kier alpha value is -1.11. The van der Waals surface area contributed by atoms with Crippen molar-refractivity contribution in [2.45, 2.75) is 23.8 Å². The summed E-state index contributed by atoms with van der Waals surface area (Å²) in [4.78, 5) is 11.9. The zero-order chi connectivity index (χ0) is 14.0. The number of benzene rings is 1. The van der Waals surface area contributed by atoms with E-state index in [1.165, 1.54) is 35.6 Å². The molecule has 0 aliphatic carbocycles. The van der Waals surface area contributed by atoms with Crippen LogP contribution in [0.15, 0.2) is 29.2 Å². The van der Waals surface area contributed by atoms with Gasteiger partial charge in [0.25, 0.3) is 0 Å². The van der Waals surface area contributed by atoms with Gasteiger partial charge in [-0.1, -0.05) is 11.6 Å². The molecule has 1 N–H and O–H groups in total. The van der Waals surface area contributed by atoms with Crippen LogP contribution in [0.5, 0.6) is 0 Å². The summed E-state index contributed by atoms with van der Waals surface area (Å²) in [6.07, 6.45) is 1.23. The lowest BCUT2D eigenvalue weighted by Crippen LogP contribution is -2.44. The molecule has 1 atom stereocenters. The van der Waals surface area contributed by atoms with Gasteiger partial charge in [-0.05, 0) is 37.1 Å². The number of carbonyl (C=O) groups excluding carboxylic acids is 1. The van der Waals surface area contributed by atoms with E-state index in [1.54, 1.807) is 0 Å². The molecule has 0 aromatic heterocycles. The highest BCUT2D eigenvalue weighted by atomic mass is 35.5. The van der Waals surface area contributed by atoms with Crippen LogP contribution in [0.2, 0.25) is 5.02 Å². The van der Waals surface area contributed by atoms with E-state index in [0.717, 1.165) is 0 Å². The van der Waals surface area contributed by atoms with Gasteiger partial charge in [0.1, 0.15) is 6.04 Å². The SMILES string of the molecule is CNC(=O)[C@@H]1CCCN1S(=O)(=O)c1ccc(Cl)cc1. The summed E-state index contributed by atoms with van der Waals surface area (Å²) in [6.45, 7) is 0.364. The Kier molecular flexibility index (Phi) is 4.13. The first-order valence-electron chi connectivity index (χ1n) is 5.96. The van der Waals surface area contributed by atoms with Crippen molar-refractivity contribution in [3.63, 3.8) is 0 Å². The van der Waals surface area contributed by atoms with Crippen LogP contribution in [-0.2, 0) is 14.8 Å². The average Bonchev–Trinajstić information content (AvgIpc) is 2.88. The van der Waals surface area contributed by atoms with E-state index in [9.17, 15) is 13.2 Å². The average molecular weight is 303 g/mol. The van der Waals surface area contributed by atoms with E-state index >= 15 is 0 Å². The predicted molar refractivity (Wildman–Crippen MR) is 72.4 cm³/mol. The molecule has 1 heterocycles. The van der Waals surface area contributed by atoms with Crippen LogP contribution in [-0.4, -0.2) is 38.3 Å². The summed E-state index contributed by atoms with van der Waals surface area (Å²) in [5.74, 6) is -0.268. The third kappa shape index (κ3) is 2.75. The summed E-state index contributed by atoms with van der Waals surface area (Å²) in [5, 5.41) is 2.98. The molecule has 0 unspecified atom stereocenters. The van der Waals surface area contributed by atoms with E-state index in [1.807, 2.05) is 0 Å². The Morgan fingerprint density at radius 1 is 1.37 bits per heavy atom. The maximum absolute atomic E-state index is 12.5. The van der Waals surface area contributed by atoms with Gasteiger partial charge in [0, 0.05) is 18.6 Å². The topological polar surface area (TPSA) is 66.5 Å². The molecule has 2 rings (SSSR count). The zero-order valence-corrected chi connectivity index (χ0v) is 12.0. The first-order valence-corrected chi connectivity index (χ1v) is 7.77. The number of amides is 1. The number of halogens is 1. The standard InChI is InChI=1S/C12H15ClN2O3S/c1-14-12(16)11-3-2-8-15(11)19(17,18)10-6-4-9(13)5-7-10/h4-7,11H,2-3,8H2,1H3,(H,14,16)/t11-/m0/s1. The van der Waals surface area contributed by atoms with Crippen LogP contribution in [0.3, 0.4) is 0 Å². The molecule has 1 aliphatic rings. The number of sulfonamides is 1. The number of hydrogen-bond donors (Lipinski definition) is 1. The third-order valence-corrected chi connectivity index (χ3v) is 5.35. The Morgan fingerprint density at radius 2 is 2.00 bits per heavy atom. The molecule has 0 radical (unpaired) electrons. The first kappa shape index (κ1) is 14.3. The molecule has 0 saturated carbocycles. The molecule has 1 aromatic carbocycles. The van der Waals surface area contributed by atoms with Gasteiger partial charge in [-0.3, -0.25) is 4.79 Å². The second-order valence-corrected chi connectivity index (χ2v) is 6.67. The van der Waals surface area contributed by atoms with Gasteiger partial charge < -0.3 is 5.32 Å². The molecule has 1 aromatic rings. The monoisotopic (exact) mass is 302 g/mol. The summed E-state index contributed by atoms with van der Waals surface area (Å²) in [7, 11) is -2.14. The molecule has 1 saturated heterocycles. The van der Waals surface area contributed by atoms with Crippen molar-refractivity contribution < 1.29 is 13.2 Å². The van der Waals surface area contributed by atoms with Crippen molar-refractivity contribution in [1.29, 1.82) is 0 Å². The number of nitrogens with one attached hydrogen (secondary N) is 1. The second-order valence-electron chi connectivity index (χ2n) is 4.34. The molecule has 7 heteroatoms. The number of likely N-dealkylation sites (N-methyl/N-ethyl adjacent to an activating group) is 1. The molecule has 19 heavy (non-hydrogen) atoms. The van der Waals surface area contributed by atoms with Crippen molar-refractivity contribution in [2.24, 2.45) is 0 Å². The lowest BCUT2D eigenvalue weighted by Gasteiger charge is -2.22. The van der Waals surface area contributed by atoms with Crippen molar-refractivity contribution >= 4 is 27.5 Å².